The Balaban J connectivity index is 2.36. The highest BCUT2D eigenvalue weighted by Gasteiger charge is 2.37. The van der Waals surface area contributed by atoms with Crippen molar-refractivity contribution in [2.75, 3.05) is 11.9 Å². The van der Waals surface area contributed by atoms with E-state index >= 15 is 0 Å². The Bertz CT molecular complexity index is 520. The lowest BCUT2D eigenvalue weighted by molar-refractivity contribution is -0.127. The minimum absolute atomic E-state index is 0.0634. The summed E-state index contributed by atoms with van der Waals surface area (Å²) in [5, 5.41) is 13.2. The number of nitrogens with one attached hydrogen (secondary N) is 1. The third kappa shape index (κ3) is 2.68. The highest BCUT2D eigenvalue weighted by Crippen LogP contribution is 2.35. The zero-order valence-electron chi connectivity index (χ0n) is 12.8. The van der Waals surface area contributed by atoms with E-state index in [-0.39, 0.29) is 17.6 Å². The van der Waals surface area contributed by atoms with E-state index in [2.05, 4.69) is 15.3 Å². The van der Waals surface area contributed by atoms with Crippen LogP contribution in [0.5, 0.6) is 0 Å². The van der Waals surface area contributed by atoms with E-state index in [1.807, 2.05) is 34.6 Å². The van der Waals surface area contributed by atoms with Crippen LogP contribution in [0.4, 0.5) is 5.82 Å². The largest absolute Gasteiger partial charge is 0.386 e. The molecule has 0 radical (unpaired) electrons. The van der Waals surface area contributed by atoms with Crippen molar-refractivity contribution in [2.45, 2.75) is 46.6 Å². The molecular formula is C15H23N3O2. The number of Topliss-reactive ketones (excluding diaryl/α,β-unsaturated/α-hetero) is 1. The Kier molecular flexibility index (Phi) is 3.82. The van der Waals surface area contributed by atoms with Gasteiger partial charge in [-0.3, -0.25) is 4.79 Å². The molecule has 2 unspecified atom stereocenters. The van der Waals surface area contributed by atoms with Crippen molar-refractivity contribution in [1.29, 1.82) is 0 Å². The van der Waals surface area contributed by atoms with E-state index in [0.29, 0.717) is 23.8 Å². The molecule has 0 amide bonds. The number of aliphatic hydroxyl groups is 1. The third-order valence-electron chi connectivity index (χ3n) is 3.61. The highest BCUT2D eigenvalue weighted by molar-refractivity contribution is 5.92. The SMILES string of the molecule is CC(C)C(O)c1cnc2c(n1)C(C(=O)C(C)(C)C)CN2. The minimum atomic E-state index is -0.654. The van der Waals surface area contributed by atoms with Gasteiger partial charge in [0.2, 0.25) is 0 Å². The van der Waals surface area contributed by atoms with Crippen LogP contribution in [0.1, 0.15) is 58.0 Å². The van der Waals surface area contributed by atoms with Crippen LogP contribution in [0.15, 0.2) is 6.20 Å². The first-order chi connectivity index (χ1) is 9.21. The molecule has 5 nitrogen and oxygen atoms in total. The lowest BCUT2D eigenvalue weighted by Crippen LogP contribution is -2.28. The van der Waals surface area contributed by atoms with Gasteiger partial charge >= 0.3 is 0 Å². The summed E-state index contributed by atoms with van der Waals surface area (Å²) in [6.07, 6.45) is 0.930. The number of carbonyl (C=O) groups excluding carboxylic acids is 1. The summed E-state index contributed by atoms with van der Waals surface area (Å²) >= 11 is 0. The van der Waals surface area contributed by atoms with Crippen molar-refractivity contribution in [2.24, 2.45) is 11.3 Å². The van der Waals surface area contributed by atoms with Gasteiger partial charge in [-0.2, -0.15) is 0 Å². The molecule has 0 bridgehead atoms. The zero-order chi connectivity index (χ0) is 15.1. The van der Waals surface area contributed by atoms with Gasteiger partial charge in [-0.15, -0.1) is 0 Å². The second-order valence-corrected chi connectivity index (χ2v) is 6.77. The van der Waals surface area contributed by atoms with Gasteiger partial charge in [0, 0.05) is 12.0 Å². The molecule has 0 saturated carbocycles. The molecule has 0 saturated heterocycles. The van der Waals surface area contributed by atoms with Gasteiger partial charge in [0.1, 0.15) is 11.6 Å². The molecule has 0 aromatic carbocycles. The van der Waals surface area contributed by atoms with Gasteiger partial charge in [-0.1, -0.05) is 34.6 Å². The number of ketones is 1. The Morgan fingerprint density at radius 3 is 2.65 bits per heavy atom. The molecular weight excluding hydrogens is 254 g/mol. The Morgan fingerprint density at radius 2 is 2.10 bits per heavy atom. The second-order valence-electron chi connectivity index (χ2n) is 6.77. The Labute approximate surface area is 119 Å². The fourth-order valence-electron chi connectivity index (χ4n) is 2.32. The number of carbonyl (C=O) groups is 1. The lowest BCUT2D eigenvalue weighted by atomic mass is 9.82. The molecule has 2 heterocycles. The van der Waals surface area contributed by atoms with E-state index < -0.39 is 11.5 Å². The molecule has 0 aliphatic carbocycles. The quantitative estimate of drug-likeness (QED) is 0.886. The maximum absolute atomic E-state index is 12.5. The van der Waals surface area contributed by atoms with Crippen LogP contribution in [0.3, 0.4) is 0 Å². The first kappa shape index (κ1) is 14.9. The minimum Gasteiger partial charge on any atom is -0.386 e. The number of hydrogen-bond donors (Lipinski definition) is 2. The van der Waals surface area contributed by atoms with E-state index in [0.717, 1.165) is 0 Å². The van der Waals surface area contributed by atoms with E-state index in [1.165, 1.54) is 0 Å². The summed E-state index contributed by atoms with van der Waals surface area (Å²) in [4.78, 5) is 21.3. The molecule has 110 valence electrons. The van der Waals surface area contributed by atoms with Crippen LogP contribution >= 0.6 is 0 Å². The van der Waals surface area contributed by atoms with Gasteiger partial charge < -0.3 is 10.4 Å². The predicted molar refractivity (Wildman–Crippen MR) is 77.5 cm³/mol. The van der Waals surface area contributed by atoms with Gasteiger partial charge in [0.15, 0.2) is 0 Å². The molecule has 20 heavy (non-hydrogen) atoms. The van der Waals surface area contributed by atoms with Crippen LogP contribution in [-0.2, 0) is 4.79 Å². The van der Waals surface area contributed by atoms with Crippen molar-refractivity contribution in [3.05, 3.63) is 17.6 Å². The first-order valence-corrected chi connectivity index (χ1v) is 7.05. The summed E-state index contributed by atoms with van der Waals surface area (Å²) < 4.78 is 0. The maximum atomic E-state index is 12.5. The maximum Gasteiger partial charge on any atom is 0.149 e. The van der Waals surface area contributed by atoms with Crippen molar-refractivity contribution in [1.82, 2.24) is 9.97 Å². The summed E-state index contributed by atoms with van der Waals surface area (Å²) in [5.41, 5.74) is 0.791. The number of aromatic nitrogens is 2. The smallest absolute Gasteiger partial charge is 0.149 e. The fourth-order valence-corrected chi connectivity index (χ4v) is 2.32. The molecule has 2 rings (SSSR count). The van der Waals surface area contributed by atoms with Crippen molar-refractivity contribution in [3.63, 3.8) is 0 Å². The van der Waals surface area contributed by atoms with Crippen LogP contribution in [0.25, 0.3) is 0 Å². The standard InChI is InChI=1S/C15H23N3O2/c1-8(2)12(19)10-7-17-14-11(18-10)9(6-16-14)13(20)15(3,4)5/h7-9,12,19H,6H2,1-5H3,(H,16,17). The summed E-state index contributed by atoms with van der Waals surface area (Å²) in [5.74, 6) is 0.590. The molecule has 1 aromatic heterocycles. The first-order valence-electron chi connectivity index (χ1n) is 7.05. The van der Waals surface area contributed by atoms with Gasteiger partial charge in [0.05, 0.1) is 29.6 Å². The molecule has 5 heteroatoms. The van der Waals surface area contributed by atoms with Crippen molar-refractivity contribution >= 4 is 11.6 Å². The zero-order valence-corrected chi connectivity index (χ0v) is 12.8. The van der Waals surface area contributed by atoms with Crippen molar-refractivity contribution < 1.29 is 9.90 Å². The third-order valence-corrected chi connectivity index (χ3v) is 3.61. The number of hydrogen-bond acceptors (Lipinski definition) is 5. The molecule has 0 spiro atoms. The Morgan fingerprint density at radius 1 is 1.45 bits per heavy atom. The van der Waals surface area contributed by atoms with Crippen LogP contribution < -0.4 is 5.32 Å². The molecule has 1 aliphatic rings. The van der Waals surface area contributed by atoms with E-state index in [9.17, 15) is 9.90 Å². The lowest BCUT2D eigenvalue weighted by Gasteiger charge is -2.21. The van der Waals surface area contributed by atoms with Gasteiger partial charge in [0.25, 0.3) is 0 Å². The summed E-state index contributed by atoms with van der Waals surface area (Å²) in [7, 11) is 0. The highest BCUT2D eigenvalue weighted by atomic mass is 16.3. The number of nitrogens with zero attached hydrogens (tertiary/aromatic N) is 2. The van der Waals surface area contributed by atoms with Crippen LogP contribution in [-0.4, -0.2) is 27.4 Å². The molecule has 1 aliphatic heterocycles. The van der Waals surface area contributed by atoms with Gasteiger partial charge in [-0.25, -0.2) is 9.97 Å². The van der Waals surface area contributed by atoms with E-state index in [4.69, 9.17) is 0 Å². The topological polar surface area (TPSA) is 75.1 Å². The predicted octanol–water partition coefficient (Wildman–Crippen LogP) is 2.29. The molecule has 2 N–H and O–H groups in total. The van der Waals surface area contributed by atoms with Crippen LogP contribution in [0, 0.1) is 11.3 Å². The number of anilines is 1. The Hall–Kier alpha value is -1.49. The van der Waals surface area contributed by atoms with Crippen LogP contribution in [0.2, 0.25) is 0 Å². The monoisotopic (exact) mass is 277 g/mol. The average molecular weight is 277 g/mol. The van der Waals surface area contributed by atoms with E-state index in [1.54, 1.807) is 6.20 Å². The number of fused-ring (bicyclic) bond motifs is 1. The normalized spacial score (nSPS) is 19.6. The summed E-state index contributed by atoms with van der Waals surface area (Å²) in [6.45, 7) is 10.1. The summed E-state index contributed by atoms with van der Waals surface area (Å²) in [6, 6.07) is 0. The van der Waals surface area contributed by atoms with Gasteiger partial charge in [-0.05, 0) is 5.92 Å². The second kappa shape index (κ2) is 5.13. The number of aliphatic hydroxyl groups excluding tert-OH is 1. The molecule has 1 aromatic rings. The van der Waals surface area contributed by atoms with Crippen molar-refractivity contribution in [3.8, 4) is 0 Å². The molecule has 2 atom stereocenters. The molecule has 0 fully saturated rings. The fraction of sp³-hybridized carbons (Fsp3) is 0.667. The average Bonchev–Trinajstić information content (AvgIpc) is 2.78. The number of rotatable bonds is 3.